The van der Waals surface area contributed by atoms with Gasteiger partial charge in [0.1, 0.15) is 11.6 Å². The molecule has 1 N–H and O–H groups in total. The molecule has 0 radical (unpaired) electrons. The van der Waals surface area contributed by atoms with Crippen molar-refractivity contribution in [1.82, 2.24) is 9.88 Å². The minimum Gasteiger partial charge on any atom is -0.493 e. The van der Waals surface area contributed by atoms with Gasteiger partial charge < -0.3 is 19.7 Å². The Labute approximate surface area is 165 Å². The SMILES string of the molecule is CCN(/C=C(/C#N)C(=O)Nc1ccc(OC)c(OC)c1)CCc1ccncc1. The Morgan fingerprint density at radius 2 is 1.93 bits per heavy atom. The predicted octanol–water partition coefficient (Wildman–Crippen LogP) is 3.01. The predicted molar refractivity (Wildman–Crippen MR) is 107 cm³/mol. The Kier molecular flexibility index (Phi) is 7.85. The minimum atomic E-state index is -0.475. The summed E-state index contributed by atoms with van der Waals surface area (Å²) >= 11 is 0. The standard InChI is InChI=1S/C21H24N4O3/c1-4-25(12-9-16-7-10-23-11-8-16)15-17(14-22)21(26)24-18-5-6-19(27-2)20(13-18)28-3/h5-8,10-11,13,15H,4,9,12H2,1-3H3,(H,24,26)/b17-15-. The molecule has 0 bridgehead atoms. The second-order valence-electron chi connectivity index (χ2n) is 5.91. The van der Waals surface area contributed by atoms with E-state index in [-0.39, 0.29) is 5.57 Å². The monoisotopic (exact) mass is 380 g/mol. The highest BCUT2D eigenvalue weighted by atomic mass is 16.5. The number of ether oxygens (including phenoxy) is 2. The van der Waals surface area contributed by atoms with Crippen molar-refractivity contribution < 1.29 is 14.3 Å². The number of amides is 1. The number of nitrogens with one attached hydrogen (secondary N) is 1. The fourth-order valence-corrected chi connectivity index (χ4v) is 2.57. The molecule has 0 atom stereocenters. The van der Waals surface area contributed by atoms with Crippen LogP contribution in [0.5, 0.6) is 11.5 Å². The smallest absolute Gasteiger partial charge is 0.267 e. The molecule has 0 fully saturated rings. The fourth-order valence-electron chi connectivity index (χ4n) is 2.57. The summed E-state index contributed by atoms with van der Waals surface area (Å²) < 4.78 is 10.4. The van der Waals surface area contributed by atoms with Gasteiger partial charge in [0, 0.05) is 43.4 Å². The molecule has 7 heteroatoms. The summed E-state index contributed by atoms with van der Waals surface area (Å²) in [5.74, 6) is 0.581. The van der Waals surface area contributed by atoms with Crippen LogP contribution in [-0.2, 0) is 11.2 Å². The number of pyridine rings is 1. The molecule has 146 valence electrons. The van der Waals surface area contributed by atoms with Gasteiger partial charge in [0.05, 0.1) is 14.2 Å². The van der Waals surface area contributed by atoms with E-state index in [9.17, 15) is 10.1 Å². The van der Waals surface area contributed by atoms with Gasteiger partial charge in [0.15, 0.2) is 11.5 Å². The molecule has 28 heavy (non-hydrogen) atoms. The summed E-state index contributed by atoms with van der Waals surface area (Å²) in [6.07, 6.45) is 5.89. The van der Waals surface area contributed by atoms with Crippen molar-refractivity contribution in [2.75, 3.05) is 32.6 Å². The molecule has 1 aromatic carbocycles. The van der Waals surface area contributed by atoms with Crippen molar-refractivity contribution in [1.29, 1.82) is 5.26 Å². The summed E-state index contributed by atoms with van der Waals surface area (Å²) in [7, 11) is 3.06. The molecular weight excluding hydrogens is 356 g/mol. The van der Waals surface area contributed by atoms with Gasteiger partial charge in [-0.2, -0.15) is 5.26 Å². The number of likely N-dealkylation sites (N-methyl/N-ethyl adjacent to an activating group) is 1. The molecule has 1 aromatic heterocycles. The first-order chi connectivity index (χ1) is 13.6. The molecule has 1 amide bonds. The van der Waals surface area contributed by atoms with Crippen LogP contribution in [0.2, 0.25) is 0 Å². The lowest BCUT2D eigenvalue weighted by Crippen LogP contribution is -2.23. The maximum absolute atomic E-state index is 12.5. The van der Waals surface area contributed by atoms with Gasteiger partial charge in [0.25, 0.3) is 5.91 Å². The molecule has 1 heterocycles. The van der Waals surface area contributed by atoms with Gasteiger partial charge in [-0.05, 0) is 43.2 Å². The number of hydrogen-bond acceptors (Lipinski definition) is 6. The second kappa shape index (κ2) is 10.6. The Morgan fingerprint density at radius 1 is 1.21 bits per heavy atom. The van der Waals surface area contributed by atoms with Crippen LogP contribution < -0.4 is 14.8 Å². The van der Waals surface area contributed by atoms with E-state index in [0.29, 0.717) is 30.3 Å². The molecule has 7 nitrogen and oxygen atoms in total. The van der Waals surface area contributed by atoms with E-state index in [1.54, 1.807) is 36.8 Å². The van der Waals surface area contributed by atoms with Gasteiger partial charge in [0.2, 0.25) is 0 Å². The highest BCUT2D eigenvalue weighted by Crippen LogP contribution is 2.29. The number of carbonyl (C=O) groups excluding carboxylic acids is 1. The Balaban J connectivity index is 2.07. The highest BCUT2D eigenvalue weighted by molar-refractivity contribution is 6.06. The van der Waals surface area contributed by atoms with E-state index in [1.807, 2.05) is 30.0 Å². The maximum Gasteiger partial charge on any atom is 0.267 e. The first-order valence-corrected chi connectivity index (χ1v) is 8.89. The van der Waals surface area contributed by atoms with Gasteiger partial charge in [-0.25, -0.2) is 0 Å². The van der Waals surface area contributed by atoms with E-state index in [4.69, 9.17) is 9.47 Å². The van der Waals surface area contributed by atoms with Crippen molar-refractivity contribution in [2.45, 2.75) is 13.3 Å². The molecule has 2 rings (SSSR count). The summed E-state index contributed by atoms with van der Waals surface area (Å²) in [5, 5.41) is 12.2. The van der Waals surface area contributed by atoms with E-state index in [1.165, 1.54) is 14.2 Å². The number of nitriles is 1. The van der Waals surface area contributed by atoms with Crippen molar-refractivity contribution >= 4 is 11.6 Å². The summed E-state index contributed by atoms with van der Waals surface area (Å²) in [6, 6.07) is 10.9. The van der Waals surface area contributed by atoms with Gasteiger partial charge in [-0.3, -0.25) is 9.78 Å². The molecule has 0 saturated carbocycles. The van der Waals surface area contributed by atoms with E-state index in [2.05, 4.69) is 10.3 Å². The summed E-state index contributed by atoms with van der Waals surface area (Å²) in [6.45, 7) is 3.35. The fraction of sp³-hybridized carbons (Fsp3) is 0.286. The average Bonchev–Trinajstić information content (AvgIpc) is 2.74. The molecule has 0 aliphatic carbocycles. The number of aromatic nitrogens is 1. The largest absolute Gasteiger partial charge is 0.493 e. The van der Waals surface area contributed by atoms with Gasteiger partial charge in [-0.15, -0.1) is 0 Å². The van der Waals surface area contributed by atoms with Crippen molar-refractivity contribution in [3.63, 3.8) is 0 Å². The van der Waals surface area contributed by atoms with Crippen molar-refractivity contribution in [3.05, 3.63) is 60.1 Å². The summed E-state index contributed by atoms with van der Waals surface area (Å²) in [5.41, 5.74) is 1.70. The molecule has 0 saturated heterocycles. The van der Waals surface area contributed by atoms with Crippen LogP contribution in [-0.4, -0.2) is 43.1 Å². The van der Waals surface area contributed by atoms with E-state index < -0.39 is 5.91 Å². The molecule has 2 aromatic rings. The number of carbonyl (C=O) groups is 1. The Bertz CT molecular complexity index is 860. The third-order valence-corrected chi connectivity index (χ3v) is 4.16. The number of nitrogens with zero attached hydrogens (tertiary/aromatic N) is 3. The van der Waals surface area contributed by atoms with Crippen LogP contribution in [0.3, 0.4) is 0 Å². The number of benzene rings is 1. The third-order valence-electron chi connectivity index (χ3n) is 4.16. The summed E-state index contributed by atoms with van der Waals surface area (Å²) in [4.78, 5) is 18.5. The lowest BCUT2D eigenvalue weighted by Gasteiger charge is -2.19. The Morgan fingerprint density at radius 3 is 2.54 bits per heavy atom. The minimum absolute atomic E-state index is 0.0337. The lowest BCUT2D eigenvalue weighted by molar-refractivity contribution is -0.112. The van der Waals surface area contributed by atoms with E-state index in [0.717, 1.165) is 12.0 Å². The van der Waals surface area contributed by atoms with Crippen molar-refractivity contribution in [2.24, 2.45) is 0 Å². The second-order valence-corrected chi connectivity index (χ2v) is 5.91. The van der Waals surface area contributed by atoms with Crippen LogP contribution in [0.15, 0.2) is 54.5 Å². The van der Waals surface area contributed by atoms with Gasteiger partial charge >= 0.3 is 0 Å². The first kappa shape index (κ1) is 20.8. The quantitative estimate of drug-likeness (QED) is 0.531. The lowest BCUT2D eigenvalue weighted by atomic mass is 10.2. The highest BCUT2D eigenvalue weighted by Gasteiger charge is 2.13. The molecule has 0 unspecified atom stereocenters. The third kappa shape index (κ3) is 5.74. The van der Waals surface area contributed by atoms with Crippen LogP contribution >= 0.6 is 0 Å². The zero-order valence-corrected chi connectivity index (χ0v) is 16.3. The zero-order valence-electron chi connectivity index (χ0n) is 16.3. The molecule has 0 aliphatic rings. The number of hydrogen-bond donors (Lipinski definition) is 1. The first-order valence-electron chi connectivity index (χ1n) is 8.89. The van der Waals surface area contributed by atoms with Crippen LogP contribution in [0.4, 0.5) is 5.69 Å². The van der Waals surface area contributed by atoms with Gasteiger partial charge in [-0.1, -0.05) is 0 Å². The zero-order chi connectivity index (χ0) is 20.4. The normalized spacial score (nSPS) is 10.7. The number of methoxy groups -OCH3 is 2. The molecule has 0 aliphatic heterocycles. The molecule has 0 spiro atoms. The average molecular weight is 380 g/mol. The van der Waals surface area contributed by atoms with Crippen LogP contribution in [0.1, 0.15) is 12.5 Å². The van der Waals surface area contributed by atoms with Crippen LogP contribution in [0, 0.1) is 11.3 Å². The molecular formula is C21H24N4O3. The maximum atomic E-state index is 12.5. The van der Waals surface area contributed by atoms with Crippen LogP contribution in [0.25, 0.3) is 0 Å². The topological polar surface area (TPSA) is 87.5 Å². The number of rotatable bonds is 9. The number of anilines is 1. The van der Waals surface area contributed by atoms with E-state index >= 15 is 0 Å². The Hall–Kier alpha value is -3.53. The van der Waals surface area contributed by atoms with Crippen molar-refractivity contribution in [3.8, 4) is 17.6 Å².